The van der Waals surface area contributed by atoms with E-state index in [9.17, 15) is 9.59 Å². The van der Waals surface area contributed by atoms with Crippen molar-refractivity contribution in [3.63, 3.8) is 0 Å². The van der Waals surface area contributed by atoms with Gasteiger partial charge in [0.15, 0.2) is 6.61 Å². The molecule has 0 saturated carbocycles. The van der Waals surface area contributed by atoms with Gasteiger partial charge in [0.05, 0.1) is 0 Å². The molecule has 5 heteroatoms. The van der Waals surface area contributed by atoms with E-state index in [1.54, 1.807) is 24.0 Å². The maximum Gasteiger partial charge on any atom is 0.261 e. The molecule has 0 heterocycles. The fraction of sp³-hybridized carbons (Fsp3) is 0.391. The number of hydrogen-bond acceptors (Lipinski definition) is 3. The van der Waals surface area contributed by atoms with Crippen molar-refractivity contribution in [1.29, 1.82) is 0 Å². The topological polar surface area (TPSA) is 58.6 Å². The summed E-state index contributed by atoms with van der Waals surface area (Å²) in [5.74, 6) is 0.202. The highest BCUT2D eigenvalue weighted by Crippen LogP contribution is 2.14. The van der Waals surface area contributed by atoms with E-state index in [2.05, 4.69) is 5.32 Å². The molecular weight excluding hydrogens is 352 g/mol. The number of hydrogen-bond donors (Lipinski definition) is 1. The Kier molecular flexibility index (Phi) is 7.21. The van der Waals surface area contributed by atoms with Crippen molar-refractivity contribution < 1.29 is 14.3 Å². The highest BCUT2D eigenvalue weighted by molar-refractivity contribution is 5.88. The quantitative estimate of drug-likeness (QED) is 0.794. The van der Waals surface area contributed by atoms with Gasteiger partial charge in [-0.3, -0.25) is 9.59 Å². The number of benzene rings is 2. The number of nitrogens with zero attached hydrogens (tertiary/aromatic N) is 1. The van der Waals surface area contributed by atoms with Gasteiger partial charge in [0.2, 0.25) is 5.91 Å². The third kappa shape index (κ3) is 6.72. The zero-order valence-electron chi connectivity index (χ0n) is 17.4. The minimum Gasteiger partial charge on any atom is -0.484 e. The highest BCUT2D eigenvalue weighted by atomic mass is 16.5. The molecule has 0 fully saturated rings. The van der Waals surface area contributed by atoms with Crippen molar-refractivity contribution in [1.82, 2.24) is 10.2 Å². The van der Waals surface area contributed by atoms with E-state index in [0.29, 0.717) is 12.3 Å². The van der Waals surface area contributed by atoms with Crippen LogP contribution >= 0.6 is 0 Å². The molecule has 0 aliphatic heterocycles. The smallest absolute Gasteiger partial charge is 0.261 e. The molecule has 0 bridgehead atoms. The summed E-state index contributed by atoms with van der Waals surface area (Å²) in [6.07, 6.45) is 0. The molecular formula is C23H30N2O3. The Hall–Kier alpha value is -2.82. The molecule has 2 aromatic carbocycles. The Labute approximate surface area is 167 Å². The summed E-state index contributed by atoms with van der Waals surface area (Å²) < 4.78 is 5.62. The largest absolute Gasteiger partial charge is 0.484 e. The van der Waals surface area contributed by atoms with Crippen LogP contribution in [0.25, 0.3) is 0 Å². The van der Waals surface area contributed by atoms with Crippen molar-refractivity contribution in [3.05, 3.63) is 65.7 Å². The first-order valence-electron chi connectivity index (χ1n) is 9.50. The second-order valence-corrected chi connectivity index (χ2v) is 8.03. The molecule has 28 heavy (non-hydrogen) atoms. The summed E-state index contributed by atoms with van der Waals surface area (Å²) in [6, 6.07) is 16.5. The number of ether oxygens (including phenoxy) is 1. The Morgan fingerprint density at radius 3 is 2.36 bits per heavy atom. The third-order valence-corrected chi connectivity index (χ3v) is 4.21. The highest BCUT2D eigenvalue weighted by Gasteiger charge is 2.28. The fourth-order valence-corrected chi connectivity index (χ4v) is 2.81. The van der Waals surface area contributed by atoms with Gasteiger partial charge in [0.25, 0.3) is 5.91 Å². The molecule has 0 radical (unpaired) electrons. The van der Waals surface area contributed by atoms with Crippen LogP contribution in [-0.2, 0) is 16.1 Å². The number of nitrogens with one attached hydrogen (secondary N) is 1. The van der Waals surface area contributed by atoms with Crippen LogP contribution in [0, 0.1) is 6.92 Å². The van der Waals surface area contributed by atoms with Crippen LogP contribution in [0.3, 0.4) is 0 Å². The van der Waals surface area contributed by atoms with Gasteiger partial charge < -0.3 is 15.0 Å². The molecule has 0 unspecified atom stereocenters. The fourth-order valence-electron chi connectivity index (χ4n) is 2.81. The van der Waals surface area contributed by atoms with E-state index in [4.69, 9.17) is 4.74 Å². The summed E-state index contributed by atoms with van der Waals surface area (Å²) >= 11 is 0. The van der Waals surface area contributed by atoms with Gasteiger partial charge in [-0.05, 0) is 52.3 Å². The monoisotopic (exact) mass is 382 g/mol. The number of carbonyl (C=O) groups is 2. The van der Waals surface area contributed by atoms with Gasteiger partial charge in [-0.1, -0.05) is 48.0 Å². The molecule has 5 nitrogen and oxygen atoms in total. The molecule has 1 atom stereocenters. The molecule has 1 N–H and O–H groups in total. The molecule has 2 amide bonds. The van der Waals surface area contributed by atoms with E-state index in [1.807, 2.05) is 70.2 Å². The van der Waals surface area contributed by atoms with Gasteiger partial charge in [-0.15, -0.1) is 0 Å². The first kappa shape index (κ1) is 21.5. The number of carbonyl (C=O) groups excluding carboxylic acids is 2. The molecule has 0 saturated heterocycles. The third-order valence-electron chi connectivity index (χ3n) is 4.21. The molecule has 2 aromatic rings. The molecule has 150 valence electrons. The SMILES string of the molecule is Cc1cccc(CN(C(=O)COc2ccccc2)[C@H](C)C(=O)NC(C)(C)C)c1. The maximum absolute atomic E-state index is 12.9. The predicted octanol–water partition coefficient (Wildman–Crippen LogP) is 3.71. The number of para-hydroxylation sites is 1. The van der Waals surface area contributed by atoms with Crippen molar-refractivity contribution in [3.8, 4) is 5.75 Å². The van der Waals surface area contributed by atoms with Crippen LogP contribution in [0.4, 0.5) is 0 Å². The normalized spacial score (nSPS) is 12.2. The van der Waals surface area contributed by atoms with Crippen LogP contribution < -0.4 is 10.1 Å². The van der Waals surface area contributed by atoms with Gasteiger partial charge >= 0.3 is 0 Å². The van der Waals surface area contributed by atoms with Gasteiger partial charge in [0, 0.05) is 12.1 Å². The first-order valence-corrected chi connectivity index (χ1v) is 9.50. The zero-order chi connectivity index (χ0) is 20.7. The van der Waals surface area contributed by atoms with Crippen LogP contribution in [0.15, 0.2) is 54.6 Å². The van der Waals surface area contributed by atoms with E-state index in [1.165, 1.54) is 0 Å². The molecule has 0 aromatic heterocycles. The molecule has 0 spiro atoms. The summed E-state index contributed by atoms with van der Waals surface area (Å²) in [7, 11) is 0. The maximum atomic E-state index is 12.9. The van der Waals surface area contributed by atoms with Crippen molar-refractivity contribution >= 4 is 11.8 Å². The Morgan fingerprint density at radius 1 is 1.07 bits per heavy atom. The second kappa shape index (κ2) is 9.40. The van der Waals surface area contributed by atoms with Crippen LogP contribution in [0.5, 0.6) is 5.75 Å². The van der Waals surface area contributed by atoms with E-state index in [0.717, 1.165) is 11.1 Å². The van der Waals surface area contributed by atoms with Crippen molar-refractivity contribution in [2.75, 3.05) is 6.61 Å². The number of amides is 2. The number of rotatable bonds is 7. The summed E-state index contributed by atoms with van der Waals surface area (Å²) in [5, 5.41) is 2.95. The Balaban J connectivity index is 2.16. The van der Waals surface area contributed by atoms with E-state index >= 15 is 0 Å². The predicted molar refractivity (Wildman–Crippen MR) is 111 cm³/mol. The summed E-state index contributed by atoms with van der Waals surface area (Å²) in [4.78, 5) is 27.2. The zero-order valence-corrected chi connectivity index (χ0v) is 17.4. The summed E-state index contributed by atoms with van der Waals surface area (Å²) in [6.45, 7) is 9.73. The molecule has 2 rings (SSSR count). The average Bonchev–Trinajstić information content (AvgIpc) is 2.63. The van der Waals surface area contributed by atoms with Crippen LogP contribution in [0.2, 0.25) is 0 Å². The van der Waals surface area contributed by atoms with E-state index in [-0.39, 0.29) is 24.0 Å². The van der Waals surface area contributed by atoms with Crippen LogP contribution in [-0.4, -0.2) is 34.9 Å². The lowest BCUT2D eigenvalue weighted by Crippen LogP contribution is -2.53. The van der Waals surface area contributed by atoms with Gasteiger partial charge in [-0.2, -0.15) is 0 Å². The molecule has 0 aliphatic carbocycles. The minimum atomic E-state index is -0.619. The Morgan fingerprint density at radius 2 is 1.75 bits per heavy atom. The van der Waals surface area contributed by atoms with Gasteiger partial charge in [0.1, 0.15) is 11.8 Å². The van der Waals surface area contributed by atoms with Crippen molar-refractivity contribution in [2.45, 2.75) is 52.7 Å². The second-order valence-electron chi connectivity index (χ2n) is 8.03. The van der Waals surface area contributed by atoms with Crippen LogP contribution in [0.1, 0.15) is 38.8 Å². The summed E-state index contributed by atoms with van der Waals surface area (Å²) in [5.41, 5.74) is 1.71. The number of aryl methyl sites for hydroxylation is 1. The first-order chi connectivity index (χ1) is 13.2. The lowest BCUT2D eigenvalue weighted by atomic mass is 10.1. The van der Waals surface area contributed by atoms with Crippen molar-refractivity contribution in [2.24, 2.45) is 0 Å². The molecule has 0 aliphatic rings. The van der Waals surface area contributed by atoms with E-state index < -0.39 is 6.04 Å². The lowest BCUT2D eigenvalue weighted by molar-refractivity contribution is -0.142. The lowest BCUT2D eigenvalue weighted by Gasteiger charge is -2.31. The van der Waals surface area contributed by atoms with Gasteiger partial charge in [-0.25, -0.2) is 0 Å². The minimum absolute atomic E-state index is 0.122. The average molecular weight is 383 g/mol. The standard InChI is InChI=1S/C23H30N2O3/c1-17-10-9-11-19(14-17)15-25(18(2)22(27)24-23(3,4)5)21(26)16-28-20-12-7-6-8-13-20/h6-14,18H,15-16H2,1-5H3,(H,24,27)/t18-/m1/s1. The Bertz CT molecular complexity index is 797.